The Kier molecular flexibility index (Phi) is 6.87. The number of carbonyl (C=O) groups excluding carboxylic acids is 2. The standard InChI is InChI=1S/C26H30N4O2/c1-18-5-9-20(10-6-18)22-16-24(22)28-13-2-4-23(26(32)30-14-3-15-30)29-25(31)21-11-7-19(17-27)8-12-21/h5-12,22-24,28H,2-4,13-16H2,1H3,(H,29,31)/t22-,23-,24+/m0/s1. The second-order valence-electron chi connectivity index (χ2n) is 8.85. The first kappa shape index (κ1) is 22.0. The minimum absolute atomic E-state index is 0.00204. The number of nitriles is 1. The average molecular weight is 431 g/mol. The van der Waals surface area contributed by atoms with E-state index < -0.39 is 6.04 Å². The molecule has 166 valence electrons. The Labute approximate surface area is 189 Å². The Hall–Kier alpha value is -3.17. The molecule has 2 amide bonds. The van der Waals surface area contributed by atoms with Crippen LogP contribution in [-0.2, 0) is 4.79 Å². The smallest absolute Gasteiger partial charge is 0.251 e. The Morgan fingerprint density at radius 3 is 2.47 bits per heavy atom. The third kappa shape index (κ3) is 5.35. The van der Waals surface area contributed by atoms with Gasteiger partial charge in [0.15, 0.2) is 0 Å². The number of hydrogen-bond donors (Lipinski definition) is 2. The van der Waals surface area contributed by atoms with Gasteiger partial charge in [0.25, 0.3) is 5.91 Å². The first-order valence-electron chi connectivity index (χ1n) is 11.4. The molecule has 6 heteroatoms. The number of benzene rings is 2. The molecular formula is C26H30N4O2. The van der Waals surface area contributed by atoms with Crippen LogP contribution in [-0.4, -0.2) is 48.4 Å². The van der Waals surface area contributed by atoms with Gasteiger partial charge >= 0.3 is 0 Å². The van der Waals surface area contributed by atoms with Crippen LogP contribution >= 0.6 is 0 Å². The van der Waals surface area contributed by atoms with E-state index in [2.05, 4.69) is 41.8 Å². The highest BCUT2D eigenvalue weighted by Crippen LogP contribution is 2.40. The minimum atomic E-state index is -0.521. The molecule has 3 atom stereocenters. The van der Waals surface area contributed by atoms with Crippen molar-refractivity contribution in [3.8, 4) is 6.07 Å². The predicted molar refractivity (Wildman–Crippen MR) is 123 cm³/mol. The van der Waals surface area contributed by atoms with Crippen molar-refractivity contribution in [3.63, 3.8) is 0 Å². The fraction of sp³-hybridized carbons (Fsp3) is 0.423. The second-order valence-corrected chi connectivity index (χ2v) is 8.85. The lowest BCUT2D eigenvalue weighted by Gasteiger charge is -2.34. The number of hydrogen-bond acceptors (Lipinski definition) is 4. The number of amides is 2. The van der Waals surface area contributed by atoms with E-state index in [-0.39, 0.29) is 11.8 Å². The van der Waals surface area contributed by atoms with Gasteiger partial charge in [0.1, 0.15) is 6.04 Å². The lowest BCUT2D eigenvalue weighted by molar-refractivity contribution is -0.136. The predicted octanol–water partition coefficient (Wildman–Crippen LogP) is 3.12. The van der Waals surface area contributed by atoms with Gasteiger partial charge in [-0.15, -0.1) is 0 Å². The highest BCUT2D eigenvalue weighted by molar-refractivity contribution is 5.97. The van der Waals surface area contributed by atoms with E-state index in [4.69, 9.17) is 5.26 Å². The van der Waals surface area contributed by atoms with Gasteiger partial charge in [-0.2, -0.15) is 5.26 Å². The molecular weight excluding hydrogens is 400 g/mol. The summed E-state index contributed by atoms with van der Waals surface area (Å²) in [6, 6.07) is 17.2. The lowest BCUT2D eigenvalue weighted by Crippen LogP contribution is -2.53. The highest BCUT2D eigenvalue weighted by atomic mass is 16.2. The van der Waals surface area contributed by atoms with E-state index in [1.54, 1.807) is 24.3 Å². The zero-order valence-corrected chi connectivity index (χ0v) is 18.5. The number of rotatable bonds is 9. The molecule has 0 spiro atoms. The van der Waals surface area contributed by atoms with E-state index >= 15 is 0 Å². The largest absolute Gasteiger partial charge is 0.341 e. The molecule has 2 fully saturated rings. The summed E-state index contributed by atoms with van der Waals surface area (Å²) >= 11 is 0. The maximum absolute atomic E-state index is 12.8. The topological polar surface area (TPSA) is 85.2 Å². The lowest BCUT2D eigenvalue weighted by atomic mass is 10.1. The summed E-state index contributed by atoms with van der Waals surface area (Å²) in [5.41, 5.74) is 3.63. The van der Waals surface area contributed by atoms with Crippen LogP contribution in [0.25, 0.3) is 0 Å². The van der Waals surface area contributed by atoms with Crippen molar-refractivity contribution in [2.24, 2.45) is 0 Å². The monoisotopic (exact) mass is 430 g/mol. The number of likely N-dealkylation sites (tertiary alicyclic amines) is 1. The summed E-state index contributed by atoms with van der Waals surface area (Å²) in [7, 11) is 0. The van der Waals surface area contributed by atoms with Crippen LogP contribution in [0.15, 0.2) is 48.5 Å². The van der Waals surface area contributed by atoms with Crippen LogP contribution in [0.4, 0.5) is 0 Å². The summed E-state index contributed by atoms with van der Waals surface area (Å²) in [5, 5.41) is 15.5. The van der Waals surface area contributed by atoms with Crippen molar-refractivity contribution >= 4 is 11.8 Å². The molecule has 1 heterocycles. The molecule has 1 aliphatic carbocycles. The summed E-state index contributed by atoms with van der Waals surface area (Å²) in [6.07, 6.45) is 3.58. The molecule has 0 aromatic heterocycles. The molecule has 1 saturated carbocycles. The summed E-state index contributed by atoms with van der Waals surface area (Å²) in [6.45, 7) is 4.45. The molecule has 2 aliphatic rings. The summed E-state index contributed by atoms with van der Waals surface area (Å²) in [5.74, 6) is 0.301. The second kappa shape index (κ2) is 9.97. The van der Waals surface area contributed by atoms with Gasteiger partial charge in [-0.1, -0.05) is 29.8 Å². The number of nitrogens with one attached hydrogen (secondary N) is 2. The highest BCUT2D eigenvalue weighted by Gasteiger charge is 2.37. The normalized spacial score (nSPS) is 20.1. The van der Waals surface area contributed by atoms with E-state index in [1.807, 2.05) is 11.0 Å². The summed E-state index contributed by atoms with van der Waals surface area (Å²) in [4.78, 5) is 27.3. The molecule has 4 rings (SSSR count). The quantitative estimate of drug-likeness (QED) is 0.599. The van der Waals surface area contributed by atoms with Crippen LogP contribution in [0.1, 0.15) is 58.6 Å². The Morgan fingerprint density at radius 2 is 1.84 bits per heavy atom. The molecule has 1 saturated heterocycles. The first-order valence-corrected chi connectivity index (χ1v) is 11.4. The van der Waals surface area contributed by atoms with Crippen molar-refractivity contribution < 1.29 is 9.59 Å². The van der Waals surface area contributed by atoms with E-state index in [9.17, 15) is 9.59 Å². The molecule has 1 aliphatic heterocycles. The van der Waals surface area contributed by atoms with Gasteiger partial charge in [0.2, 0.25) is 5.91 Å². The van der Waals surface area contributed by atoms with Crippen molar-refractivity contribution in [2.45, 2.75) is 50.6 Å². The molecule has 6 nitrogen and oxygen atoms in total. The maximum atomic E-state index is 12.8. The third-order valence-electron chi connectivity index (χ3n) is 6.42. The van der Waals surface area contributed by atoms with Gasteiger partial charge in [-0.25, -0.2) is 0 Å². The SMILES string of the molecule is Cc1ccc([C@@H]2C[C@H]2NCCC[C@H](NC(=O)c2ccc(C#N)cc2)C(=O)N2CCC2)cc1. The average Bonchev–Trinajstić information content (AvgIpc) is 3.54. The zero-order valence-electron chi connectivity index (χ0n) is 18.5. The first-order chi connectivity index (χ1) is 15.5. The third-order valence-corrected chi connectivity index (χ3v) is 6.42. The Balaban J connectivity index is 1.27. The summed E-state index contributed by atoms with van der Waals surface area (Å²) < 4.78 is 0. The number of carbonyl (C=O) groups is 2. The van der Waals surface area contributed by atoms with Crippen molar-refractivity contribution in [2.75, 3.05) is 19.6 Å². The van der Waals surface area contributed by atoms with E-state index in [0.29, 0.717) is 29.5 Å². The van der Waals surface area contributed by atoms with Gasteiger partial charge in [0.05, 0.1) is 11.6 Å². The van der Waals surface area contributed by atoms with Crippen LogP contribution in [0.3, 0.4) is 0 Å². The number of aryl methyl sites for hydroxylation is 1. The van der Waals surface area contributed by atoms with Crippen molar-refractivity contribution in [1.29, 1.82) is 5.26 Å². The number of nitrogens with zero attached hydrogens (tertiary/aromatic N) is 2. The van der Waals surface area contributed by atoms with E-state index in [0.717, 1.165) is 38.9 Å². The van der Waals surface area contributed by atoms with Gasteiger partial charge in [-0.05, 0) is 69.0 Å². The molecule has 0 unspecified atom stereocenters. The van der Waals surface area contributed by atoms with E-state index in [1.165, 1.54) is 11.1 Å². The van der Waals surface area contributed by atoms with Crippen LogP contribution in [0.2, 0.25) is 0 Å². The maximum Gasteiger partial charge on any atom is 0.251 e. The molecule has 2 aromatic carbocycles. The van der Waals surface area contributed by atoms with Crippen molar-refractivity contribution in [1.82, 2.24) is 15.5 Å². The van der Waals surface area contributed by atoms with Crippen LogP contribution in [0, 0.1) is 18.3 Å². The Morgan fingerprint density at radius 1 is 1.12 bits per heavy atom. The molecule has 2 aromatic rings. The van der Waals surface area contributed by atoms with Crippen LogP contribution < -0.4 is 10.6 Å². The zero-order chi connectivity index (χ0) is 22.5. The Bertz CT molecular complexity index is 990. The molecule has 2 N–H and O–H groups in total. The molecule has 32 heavy (non-hydrogen) atoms. The molecule has 0 radical (unpaired) electrons. The molecule has 0 bridgehead atoms. The van der Waals surface area contributed by atoms with Crippen molar-refractivity contribution in [3.05, 3.63) is 70.8 Å². The fourth-order valence-corrected chi connectivity index (χ4v) is 4.15. The van der Waals surface area contributed by atoms with Gasteiger partial charge < -0.3 is 15.5 Å². The van der Waals surface area contributed by atoms with Gasteiger partial charge in [0, 0.05) is 30.6 Å². The minimum Gasteiger partial charge on any atom is -0.341 e. The van der Waals surface area contributed by atoms with Gasteiger partial charge in [-0.3, -0.25) is 9.59 Å². The van der Waals surface area contributed by atoms with Crippen LogP contribution in [0.5, 0.6) is 0 Å². The fourth-order valence-electron chi connectivity index (χ4n) is 4.15.